The molecule has 2 N–H and O–H groups in total. The first-order chi connectivity index (χ1) is 8.29. The second-order valence-corrected chi connectivity index (χ2v) is 4.67. The van der Waals surface area contributed by atoms with Gasteiger partial charge in [-0.2, -0.15) is 0 Å². The van der Waals surface area contributed by atoms with Crippen molar-refractivity contribution in [3.05, 3.63) is 41.0 Å². The molecule has 1 amide bonds. The first-order valence-corrected chi connectivity index (χ1v) is 6.03. The van der Waals surface area contributed by atoms with Gasteiger partial charge in [0.05, 0.1) is 6.04 Å². The smallest absolute Gasteiger partial charge is 0.237 e. The summed E-state index contributed by atoms with van der Waals surface area (Å²) in [6, 6.07) is 8.43. The van der Waals surface area contributed by atoms with E-state index in [1.54, 1.807) is 7.05 Å². The van der Waals surface area contributed by atoms with Gasteiger partial charge in [-0.1, -0.05) is 24.3 Å². The molecule has 1 heterocycles. The molecule has 3 rings (SSSR count). The lowest BCUT2D eigenvalue weighted by atomic mass is 9.94. The zero-order valence-electron chi connectivity index (χ0n) is 9.92. The van der Waals surface area contributed by atoms with E-state index < -0.39 is 0 Å². The van der Waals surface area contributed by atoms with Crippen molar-refractivity contribution >= 4 is 11.5 Å². The van der Waals surface area contributed by atoms with E-state index in [0.717, 1.165) is 19.4 Å². The van der Waals surface area contributed by atoms with Crippen molar-refractivity contribution in [2.75, 3.05) is 13.6 Å². The van der Waals surface area contributed by atoms with Gasteiger partial charge in [0.2, 0.25) is 5.91 Å². The van der Waals surface area contributed by atoms with E-state index in [-0.39, 0.29) is 11.9 Å². The van der Waals surface area contributed by atoms with Crippen LogP contribution < -0.4 is 10.6 Å². The van der Waals surface area contributed by atoms with Crippen molar-refractivity contribution in [3.8, 4) is 0 Å². The predicted molar refractivity (Wildman–Crippen MR) is 67.5 cm³/mol. The maximum Gasteiger partial charge on any atom is 0.237 e. The molecule has 1 aromatic carbocycles. The number of amides is 1. The zero-order valence-corrected chi connectivity index (χ0v) is 9.92. The normalized spacial score (nSPS) is 22.1. The fourth-order valence-corrected chi connectivity index (χ4v) is 2.80. The Hall–Kier alpha value is -1.61. The first kappa shape index (κ1) is 10.5. The van der Waals surface area contributed by atoms with Gasteiger partial charge in [-0.25, -0.2) is 0 Å². The van der Waals surface area contributed by atoms with Crippen LogP contribution in [0.2, 0.25) is 0 Å². The molecule has 3 nitrogen and oxygen atoms in total. The lowest BCUT2D eigenvalue weighted by molar-refractivity contribution is -0.122. The lowest BCUT2D eigenvalue weighted by Gasteiger charge is -2.24. The molecular weight excluding hydrogens is 212 g/mol. The molecule has 3 heteroatoms. The third kappa shape index (κ3) is 1.67. The largest absolute Gasteiger partial charge is 0.358 e. The third-order valence-electron chi connectivity index (χ3n) is 3.71. The van der Waals surface area contributed by atoms with Crippen LogP contribution in [-0.2, 0) is 11.2 Å². The molecule has 1 aliphatic carbocycles. The van der Waals surface area contributed by atoms with E-state index in [4.69, 9.17) is 0 Å². The minimum Gasteiger partial charge on any atom is -0.358 e. The minimum atomic E-state index is -0.0788. The van der Waals surface area contributed by atoms with Crippen LogP contribution in [0.4, 0.5) is 0 Å². The Morgan fingerprint density at radius 1 is 1.41 bits per heavy atom. The predicted octanol–water partition coefficient (Wildman–Crippen LogP) is 1.10. The van der Waals surface area contributed by atoms with Crippen LogP contribution in [0.25, 0.3) is 5.57 Å². The average molecular weight is 228 g/mol. The number of carbonyl (C=O) groups excluding carboxylic acids is 1. The van der Waals surface area contributed by atoms with Crippen molar-refractivity contribution in [2.24, 2.45) is 0 Å². The van der Waals surface area contributed by atoms with Gasteiger partial charge in [0.25, 0.3) is 0 Å². The highest BCUT2D eigenvalue weighted by Gasteiger charge is 2.30. The quantitative estimate of drug-likeness (QED) is 0.756. The summed E-state index contributed by atoms with van der Waals surface area (Å²) < 4.78 is 0. The van der Waals surface area contributed by atoms with Crippen LogP contribution in [0.5, 0.6) is 0 Å². The summed E-state index contributed by atoms with van der Waals surface area (Å²) in [6.45, 7) is 0.835. The molecule has 0 radical (unpaired) electrons. The summed E-state index contributed by atoms with van der Waals surface area (Å²) in [6.07, 6.45) is 1.85. The summed E-state index contributed by atoms with van der Waals surface area (Å²) >= 11 is 0. The molecule has 1 aliphatic heterocycles. The molecule has 0 aromatic heterocycles. The van der Waals surface area contributed by atoms with Gasteiger partial charge < -0.3 is 10.6 Å². The van der Waals surface area contributed by atoms with Crippen molar-refractivity contribution < 1.29 is 4.79 Å². The maximum atomic E-state index is 11.7. The Morgan fingerprint density at radius 2 is 2.24 bits per heavy atom. The van der Waals surface area contributed by atoms with Crippen molar-refractivity contribution in [2.45, 2.75) is 18.9 Å². The molecule has 0 saturated heterocycles. The second kappa shape index (κ2) is 4.00. The lowest BCUT2D eigenvalue weighted by Crippen LogP contribution is -2.45. The Balaban J connectivity index is 1.91. The minimum absolute atomic E-state index is 0.0788. The fraction of sp³-hybridized carbons (Fsp3) is 0.357. The number of nitrogens with one attached hydrogen (secondary N) is 2. The van der Waals surface area contributed by atoms with Crippen LogP contribution in [0.15, 0.2) is 29.8 Å². The molecule has 0 spiro atoms. The van der Waals surface area contributed by atoms with Gasteiger partial charge in [0, 0.05) is 13.6 Å². The van der Waals surface area contributed by atoms with E-state index in [1.165, 1.54) is 22.3 Å². The van der Waals surface area contributed by atoms with Gasteiger partial charge >= 0.3 is 0 Å². The molecule has 88 valence electrons. The SMILES string of the molecule is CNC(=O)[C@H]1CC2=C(CN1)Cc1ccccc12. The van der Waals surface area contributed by atoms with E-state index >= 15 is 0 Å². The number of likely N-dealkylation sites (N-methyl/N-ethyl adjacent to an activating group) is 1. The Morgan fingerprint density at radius 3 is 3.06 bits per heavy atom. The van der Waals surface area contributed by atoms with Crippen molar-refractivity contribution in [3.63, 3.8) is 0 Å². The Labute approximate surface area is 101 Å². The van der Waals surface area contributed by atoms with Crippen LogP contribution in [0.1, 0.15) is 17.5 Å². The molecule has 0 saturated carbocycles. The van der Waals surface area contributed by atoms with Gasteiger partial charge in [-0.3, -0.25) is 4.79 Å². The van der Waals surface area contributed by atoms with E-state index in [1.807, 2.05) is 0 Å². The summed E-state index contributed by atoms with van der Waals surface area (Å²) in [7, 11) is 1.69. The van der Waals surface area contributed by atoms with Crippen LogP contribution in [0, 0.1) is 0 Å². The Bertz CT molecular complexity index is 505. The van der Waals surface area contributed by atoms with Gasteiger partial charge in [0.1, 0.15) is 0 Å². The number of rotatable bonds is 1. The first-order valence-electron chi connectivity index (χ1n) is 6.03. The third-order valence-corrected chi connectivity index (χ3v) is 3.71. The topological polar surface area (TPSA) is 41.1 Å². The molecule has 1 aromatic rings. The van der Waals surface area contributed by atoms with Crippen molar-refractivity contribution in [1.29, 1.82) is 0 Å². The molecule has 2 aliphatic rings. The standard InChI is InChI=1S/C14H16N2O/c1-15-14(17)13-7-12-10(8-16-13)6-9-4-2-3-5-11(9)12/h2-5,13,16H,6-8H2,1H3,(H,15,17)/t13-/m1/s1. The van der Waals surface area contributed by atoms with E-state index in [9.17, 15) is 4.79 Å². The number of benzene rings is 1. The van der Waals surface area contributed by atoms with E-state index in [2.05, 4.69) is 34.9 Å². The number of carbonyl (C=O) groups is 1. The summed E-state index contributed by atoms with van der Waals surface area (Å²) in [5.41, 5.74) is 5.58. The molecule has 17 heavy (non-hydrogen) atoms. The summed E-state index contributed by atoms with van der Waals surface area (Å²) in [5, 5.41) is 6.02. The Kier molecular flexibility index (Phi) is 2.48. The number of hydrogen-bond acceptors (Lipinski definition) is 2. The second-order valence-electron chi connectivity index (χ2n) is 4.67. The maximum absolute atomic E-state index is 11.7. The highest BCUT2D eigenvalue weighted by molar-refractivity contribution is 5.87. The van der Waals surface area contributed by atoms with E-state index in [0.29, 0.717) is 0 Å². The molecular formula is C14H16N2O. The zero-order chi connectivity index (χ0) is 11.8. The summed E-state index contributed by atoms with van der Waals surface area (Å²) in [4.78, 5) is 11.7. The highest BCUT2D eigenvalue weighted by atomic mass is 16.2. The molecule has 1 atom stereocenters. The molecule has 0 bridgehead atoms. The van der Waals surface area contributed by atoms with Gasteiger partial charge in [-0.05, 0) is 35.1 Å². The number of hydrogen-bond donors (Lipinski definition) is 2. The van der Waals surface area contributed by atoms with Crippen molar-refractivity contribution in [1.82, 2.24) is 10.6 Å². The monoisotopic (exact) mass is 228 g/mol. The van der Waals surface area contributed by atoms with Gasteiger partial charge in [-0.15, -0.1) is 0 Å². The van der Waals surface area contributed by atoms with Crippen LogP contribution >= 0.6 is 0 Å². The average Bonchev–Trinajstić information content (AvgIpc) is 2.75. The van der Waals surface area contributed by atoms with Crippen LogP contribution in [0.3, 0.4) is 0 Å². The summed E-state index contributed by atoms with van der Waals surface area (Å²) in [5.74, 6) is 0.0842. The molecule has 0 fully saturated rings. The molecule has 0 unspecified atom stereocenters. The highest BCUT2D eigenvalue weighted by Crippen LogP contribution is 2.37. The van der Waals surface area contributed by atoms with Gasteiger partial charge in [0.15, 0.2) is 0 Å². The number of fused-ring (bicyclic) bond motifs is 2. The fourth-order valence-electron chi connectivity index (χ4n) is 2.80. The van der Waals surface area contributed by atoms with Crippen LogP contribution in [-0.4, -0.2) is 25.5 Å².